The van der Waals surface area contributed by atoms with Crippen LogP contribution in [0.1, 0.15) is 85.2 Å². The summed E-state index contributed by atoms with van der Waals surface area (Å²) >= 11 is 0. The zero-order valence-electron chi connectivity index (χ0n) is 18.7. The first-order valence-electron chi connectivity index (χ1n) is 12.0. The summed E-state index contributed by atoms with van der Waals surface area (Å²) in [6, 6.07) is 5.67. The summed E-state index contributed by atoms with van der Waals surface area (Å²) in [5, 5.41) is 2.36. The van der Waals surface area contributed by atoms with Crippen LogP contribution in [-0.4, -0.2) is 59.5 Å². The van der Waals surface area contributed by atoms with Gasteiger partial charge in [-0.05, 0) is 74.8 Å². The lowest BCUT2D eigenvalue weighted by atomic mass is 9.88. The van der Waals surface area contributed by atoms with E-state index in [1.165, 1.54) is 18.4 Å². The van der Waals surface area contributed by atoms with Gasteiger partial charge < -0.3 is 14.6 Å². The van der Waals surface area contributed by atoms with Crippen LogP contribution in [0.5, 0.6) is 0 Å². The minimum absolute atomic E-state index is 0.0941. The molecule has 172 valence electrons. The van der Waals surface area contributed by atoms with E-state index in [1.807, 2.05) is 12.1 Å². The second-order valence-electron chi connectivity index (χ2n) is 9.30. The smallest absolute Gasteiger partial charge is 0.255 e. The van der Waals surface area contributed by atoms with E-state index in [0.717, 1.165) is 57.2 Å². The first-order valence-corrected chi connectivity index (χ1v) is 12.0. The van der Waals surface area contributed by atoms with Crippen LogP contribution >= 0.6 is 0 Å². The Bertz CT molecular complexity index is 876. The van der Waals surface area contributed by atoms with Crippen molar-refractivity contribution < 1.29 is 19.2 Å². The normalized spacial score (nSPS) is 22.2. The number of piperidine rings is 2. The Labute approximate surface area is 189 Å². The van der Waals surface area contributed by atoms with Crippen molar-refractivity contribution in [1.82, 2.24) is 15.1 Å². The number of aldehydes is 1. The molecule has 3 heterocycles. The monoisotopic (exact) mass is 439 g/mol. The topological polar surface area (TPSA) is 86.8 Å². The maximum Gasteiger partial charge on any atom is 0.255 e. The number of nitrogens with zero attached hydrogens (tertiary/aromatic N) is 2. The van der Waals surface area contributed by atoms with Gasteiger partial charge >= 0.3 is 0 Å². The molecule has 0 radical (unpaired) electrons. The number of amides is 3. The van der Waals surface area contributed by atoms with Gasteiger partial charge in [-0.15, -0.1) is 0 Å². The molecule has 0 aromatic heterocycles. The van der Waals surface area contributed by atoms with E-state index < -0.39 is 6.04 Å². The third-order valence-corrected chi connectivity index (χ3v) is 7.16. The number of likely N-dealkylation sites (tertiary alicyclic amines) is 1. The molecule has 0 saturated carbocycles. The highest BCUT2D eigenvalue weighted by Crippen LogP contribution is 2.33. The first-order chi connectivity index (χ1) is 15.6. The molecule has 3 amide bonds. The summed E-state index contributed by atoms with van der Waals surface area (Å²) in [7, 11) is 0. The molecule has 7 nitrogen and oxygen atoms in total. The van der Waals surface area contributed by atoms with Crippen LogP contribution in [0.25, 0.3) is 0 Å². The van der Waals surface area contributed by atoms with Gasteiger partial charge in [0.1, 0.15) is 12.3 Å². The SMILES string of the molecule is O=CCCCCCCN1CCC(c2ccc3c(c2)C(=O)N(C2CCC(=O)NC2=O)C3)CC1. The van der Waals surface area contributed by atoms with Gasteiger partial charge in [0.25, 0.3) is 5.91 Å². The van der Waals surface area contributed by atoms with Crippen molar-refractivity contribution in [3.8, 4) is 0 Å². The van der Waals surface area contributed by atoms with Gasteiger partial charge in [-0.1, -0.05) is 25.0 Å². The Balaban J connectivity index is 1.29. The molecule has 1 N–H and O–H groups in total. The number of nitrogens with one attached hydrogen (secondary N) is 1. The molecule has 32 heavy (non-hydrogen) atoms. The van der Waals surface area contributed by atoms with E-state index in [0.29, 0.717) is 30.9 Å². The minimum atomic E-state index is -0.558. The molecule has 1 aromatic carbocycles. The Kier molecular flexibility index (Phi) is 7.35. The fraction of sp³-hybridized carbons (Fsp3) is 0.600. The summed E-state index contributed by atoms with van der Waals surface area (Å²) in [4.78, 5) is 51.2. The summed E-state index contributed by atoms with van der Waals surface area (Å²) in [5.74, 6) is -0.259. The van der Waals surface area contributed by atoms with E-state index >= 15 is 0 Å². The van der Waals surface area contributed by atoms with Gasteiger partial charge in [-0.25, -0.2) is 0 Å². The zero-order valence-corrected chi connectivity index (χ0v) is 18.7. The molecule has 0 bridgehead atoms. The Morgan fingerprint density at radius 1 is 1.00 bits per heavy atom. The van der Waals surface area contributed by atoms with Crippen LogP contribution in [0.15, 0.2) is 18.2 Å². The number of carbonyl (C=O) groups excluding carboxylic acids is 4. The summed E-state index contributed by atoms with van der Waals surface area (Å²) in [6.45, 7) is 3.71. The van der Waals surface area contributed by atoms with E-state index in [2.05, 4.69) is 16.3 Å². The molecule has 2 fully saturated rings. The molecular formula is C25H33N3O4. The van der Waals surface area contributed by atoms with Crippen molar-refractivity contribution in [3.05, 3.63) is 34.9 Å². The maximum absolute atomic E-state index is 13.1. The van der Waals surface area contributed by atoms with Crippen LogP contribution in [0.4, 0.5) is 0 Å². The highest BCUT2D eigenvalue weighted by molar-refractivity contribution is 6.05. The number of unbranched alkanes of at least 4 members (excludes halogenated alkanes) is 4. The van der Waals surface area contributed by atoms with Gasteiger partial charge in [0.2, 0.25) is 11.8 Å². The average molecular weight is 440 g/mol. The lowest BCUT2D eigenvalue weighted by Crippen LogP contribution is -2.52. The van der Waals surface area contributed by atoms with Gasteiger partial charge in [0.05, 0.1) is 0 Å². The number of fused-ring (bicyclic) bond motifs is 1. The first kappa shape index (κ1) is 22.6. The quantitative estimate of drug-likeness (QED) is 0.363. The lowest BCUT2D eigenvalue weighted by Gasteiger charge is -2.32. The van der Waals surface area contributed by atoms with Crippen molar-refractivity contribution >= 4 is 24.0 Å². The summed E-state index contributed by atoms with van der Waals surface area (Å²) in [6.07, 6.45) is 9.05. The molecule has 2 saturated heterocycles. The number of rotatable bonds is 9. The molecule has 4 rings (SSSR count). The molecular weight excluding hydrogens is 406 g/mol. The number of carbonyl (C=O) groups is 4. The zero-order chi connectivity index (χ0) is 22.5. The highest BCUT2D eigenvalue weighted by atomic mass is 16.2. The number of imide groups is 1. The molecule has 1 unspecified atom stereocenters. The van der Waals surface area contributed by atoms with Crippen LogP contribution in [0.2, 0.25) is 0 Å². The molecule has 1 atom stereocenters. The molecule has 0 spiro atoms. The highest BCUT2D eigenvalue weighted by Gasteiger charge is 2.39. The second kappa shape index (κ2) is 10.4. The molecule has 0 aliphatic carbocycles. The van der Waals surface area contributed by atoms with Crippen molar-refractivity contribution in [1.29, 1.82) is 0 Å². The van der Waals surface area contributed by atoms with Crippen LogP contribution in [0.3, 0.4) is 0 Å². The van der Waals surface area contributed by atoms with Crippen molar-refractivity contribution in [3.63, 3.8) is 0 Å². The Hall–Kier alpha value is -2.54. The average Bonchev–Trinajstić information content (AvgIpc) is 3.12. The third-order valence-electron chi connectivity index (χ3n) is 7.16. The second-order valence-corrected chi connectivity index (χ2v) is 9.30. The van der Waals surface area contributed by atoms with E-state index in [-0.39, 0.29) is 24.1 Å². The number of benzene rings is 1. The molecule has 7 heteroatoms. The lowest BCUT2D eigenvalue weighted by molar-refractivity contribution is -0.136. The molecule has 3 aliphatic heterocycles. The third kappa shape index (κ3) is 5.09. The largest absolute Gasteiger partial charge is 0.322 e. The van der Waals surface area contributed by atoms with Gasteiger partial charge in [-0.2, -0.15) is 0 Å². The fourth-order valence-corrected chi connectivity index (χ4v) is 5.23. The van der Waals surface area contributed by atoms with E-state index in [4.69, 9.17) is 0 Å². The van der Waals surface area contributed by atoms with Crippen molar-refractivity contribution in [2.24, 2.45) is 0 Å². The standard InChI is InChI=1S/C25H33N3O4/c29-15-5-3-1-2-4-12-27-13-10-18(11-14-27)19-6-7-20-17-28(25(32)21(20)16-19)22-8-9-23(30)26-24(22)31/h6-7,15-16,18,22H,1-5,8-14,17H2,(H,26,30,31). The number of hydrogen-bond acceptors (Lipinski definition) is 5. The van der Waals surface area contributed by atoms with Crippen LogP contribution < -0.4 is 5.32 Å². The van der Waals surface area contributed by atoms with Gasteiger partial charge in [0.15, 0.2) is 0 Å². The predicted octanol–water partition coefficient (Wildman–Crippen LogP) is 2.78. The van der Waals surface area contributed by atoms with Gasteiger partial charge in [-0.3, -0.25) is 19.7 Å². The van der Waals surface area contributed by atoms with E-state index in [1.54, 1.807) is 4.90 Å². The van der Waals surface area contributed by atoms with Gasteiger partial charge in [0, 0.05) is 24.9 Å². The predicted molar refractivity (Wildman–Crippen MR) is 120 cm³/mol. The van der Waals surface area contributed by atoms with Crippen molar-refractivity contribution in [2.75, 3.05) is 19.6 Å². The summed E-state index contributed by atoms with van der Waals surface area (Å²) in [5.41, 5.74) is 2.90. The van der Waals surface area contributed by atoms with Crippen molar-refractivity contribution in [2.45, 2.75) is 76.3 Å². The minimum Gasteiger partial charge on any atom is -0.322 e. The maximum atomic E-state index is 13.1. The number of hydrogen-bond donors (Lipinski definition) is 1. The Morgan fingerprint density at radius 3 is 2.53 bits per heavy atom. The summed E-state index contributed by atoms with van der Waals surface area (Å²) < 4.78 is 0. The van der Waals surface area contributed by atoms with Crippen LogP contribution in [0, 0.1) is 0 Å². The fourth-order valence-electron chi connectivity index (χ4n) is 5.23. The molecule has 3 aliphatic rings. The Morgan fingerprint density at radius 2 is 1.78 bits per heavy atom. The van der Waals surface area contributed by atoms with E-state index in [9.17, 15) is 19.2 Å². The van der Waals surface area contributed by atoms with Crippen LogP contribution in [-0.2, 0) is 20.9 Å². The molecule has 1 aromatic rings.